The van der Waals surface area contributed by atoms with Gasteiger partial charge in [0.1, 0.15) is 18.3 Å². The molecule has 2 N–H and O–H groups in total. The van der Waals surface area contributed by atoms with Gasteiger partial charge in [0.15, 0.2) is 5.79 Å². The Morgan fingerprint density at radius 1 is 0.939 bits per heavy atom. The van der Waals surface area contributed by atoms with Gasteiger partial charge in [-0.05, 0) is 35.7 Å². The maximum atomic E-state index is 11.2. The molecule has 0 unspecified atom stereocenters. The number of ether oxygens (including phenoxy) is 2. The van der Waals surface area contributed by atoms with Crippen molar-refractivity contribution in [1.82, 2.24) is 0 Å². The van der Waals surface area contributed by atoms with E-state index in [1.807, 2.05) is 36.4 Å². The number of rotatable bonds is 9. The summed E-state index contributed by atoms with van der Waals surface area (Å²) >= 11 is 0. The lowest BCUT2D eigenvalue weighted by Gasteiger charge is -2.43. The molecule has 1 aliphatic rings. The van der Waals surface area contributed by atoms with E-state index in [1.165, 1.54) is 0 Å². The van der Waals surface area contributed by atoms with Gasteiger partial charge in [0.2, 0.25) is 0 Å². The molecule has 6 heteroatoms. The summed E-state index contributed by atoms with van der Waals surface area (Å²) in [6.45, 7) is 13.9. The summed E-state index contributed by atoms with van der Waals surface area (Å²) in [5, 5.41) is 23.9. The molecule has 1 heterocycles. The number of aliphatic hydroxyl groups is 2. The van der Waals surface area contributed by atoms with Crippen molar-refractivity contribution in [3.05, 3.63) is 73.3 Å². The Labute approximate surface area is 199 Å². The average molecular weight is 471 g/mol. The van der Waals surface area contributed by atoms with Crippen LogP contribution in [0.1, 0.15) is 41.0 Å². The molecule has 180 valence electrons. The summed E-state index contributed by atoms with van der Waals surface area (Å²) in [5.74, 6) is -0.907. The molecule has 0 spiro atoms. The van der Waals surface area contributed by atoms with Crippen LogP contribution in [-0.2, 0) is 13.9 Å². The average Bonchev–Trinajstić information content (AvgIpc) is 3.10. The Morgan fingerprint density at radius 2 is 1.39 bits per heavy atom. The lowest BCUT2D eigenvalue weighted by atomic mass is 10.0. The highest BCUT2D eigenvalue weighted by molar-refractivity contribution is 6.99. The smallest absolute Gasteiger partial charge is 0.261 e. The Bertz CT molecular complexity index is 854. The summed E-state index contributed by atoms with van der Waals surface area (Å²) in [6.07, 6.45) is -1.19. The molecule has 3 rings (SSSR count). The molecule has 2 aromatic carbocycles. The SMILES string of the molecule is C=CC[C@@H](O)[C@@H]1OC(C)(C)O[C@@H]1[C@H](O)CO[Si](c1ccccc1)(c1ccccc1)C(C)(C)C. The zero-order valence-corrected chi connectivity index (χ0v) is 21.4. The quantitative estimate of drug-likeness (QED) is 0.434. The molecule has 1 saturated heterocycles. The third-order valence-electron chi connectivity index (χ3n) is 6.22. The van der Waals surface area contributed by atoms with Gasteiger partial charge in [-0.25, -0.2) is 0 Å². The van der Waals surface area contributed by atoms with Crippen LogP contribution >= 0.6 is 0 Å². The van der Waals surface area contributed by atoms with E-state index in [4.69, 9.17) is 13.9 Å². The van der Waals surface area contributed by atoms with E-state index in [-0.39, 0.29) is 11.6 Å². The van der Waals surface area contributed by atoms with Crippen LogP contribution in [0.2, 0.25) is 5.04 Å². The Hall–Kier alpha value is -1.80. The molecule has 0 radical (unpaired) electrons. The monoisotopic (exact) mass is 470 g/mol. The minimum Gasteiger partial charge on any atom is -0.405 e. The van der Waals surface area contributed by atoms with Crippen LogP contribution in [0, 0.1) is 0 Å². The van der Waals surface area contributed by atoms with Crippen LogP contribution in [0.4, 0.5) is 0 Å². The van der Waals surface area contributed by atoms with Crippen molar-refractivity contribution in [2.75, 3.05) is 6.61 Å². The third kappa shape index (κ3) is 5.48. The molecule has 5 nitrogen and oxygen atoms in total. The van der Waals surface area contributed by atoms with Gasteiger partial charge in [-0.15, -0.1) is 6.58 Å². The Kier molecular flexibility index (Phi) is 7.99. The molecule has 2 aromatic rings. The summed E-state index contributed by atoms with van der Waals surface area (Å²) in [4.78, 5) is 0. The topological polar surface area (TPSA) is 68.2 Å². The highest BCUT2D eigenvalue weighted by Gasteiger charge is 2.52. The number of benzene rings is 2. The first-order valence-electron chi connectivity index (χ1n) is 11.6. The summed E-state index contributed by atoms with van der Waals surface area (Å²) in [5.41, 5.74) is 0. The van der Waals surface area contributed by atoms with Gasteiger partial charge in [-0.2, -0.15) is 0 Å². The van der Waals surface area contributed by atoms with Crippen LogP contribution in [0.25, 0.3) is 0 Å². The van der Waals surface area contributed by atoms with Gasteiger partial charge in [0.05, 0.1) is 12.7 Å². The zero-order chi connectivity index (χ0) is 24.3. The third-order valence-corrected chi connectivity index (χ3v) is 11.2. The van der Waals surface area contributed by atoms with E-state index in [9.17, 15) is 10.2 Å². The first kappa shape index (κ1) is 25.8. The number of hydrogen-bond donors (Lipinski definition) is 2. The fraction of sp³-hybridized carbons (Fsp3) is 0.481. The fourth-order valence-electron chi connectivity index (χ4n) is 4.78. The van der Waals surface area contributed by atoms with Crippen molar-refractivity contribution in [2.45, 2.75) is 76.3 Å². The van der Waals surface area contributed by atoms with Crippen LogP contribution in [0.15, 0.2) is 73.3 Å². The minimum atomic E-state index is -2.80. The van der Waals surface area contributed by atoms with E-state index in [1.54, 1.807) is 19.9 Å². The van der Waals surface area contributed by atoms with Gasteiger partial charge in [0.25, 0.3) is 8.32 Å². The molecule has 1 fully saturated rings. The van der Waals surface area contributed by atoms with E-state index in [0.717, 1.165) is 10.4 Å². The van der Waals surface area contributed by atoms with Crippen molar-refractivity contribution in [1.29, 1.82) is 0 Å². The standard InChI is InChI=1S/C27H38O5Si/c1-7-14-22(28)24-25(32-27(5,6)31-24)23(29)19-30-33(26(2,3)4,20-15-10-8-11-16-20)21-17-12-9-13-18-21/h7-13,15-18,22-25,28-29H,1,14,19H2,2-6H3/t22-,23-,24+,25-/m1/s1. The number of hydrogen-bond acceptors (Lipinski definition) is 5. The Morgan fingerprint density at radius 3 is 1.82 bits per heavy atom. The first-order valence-corrected chi connectivity index (χ1v) is 13.5. The first-order chi connectivity index (χ1) is 15.5. The van der Waals surface area contributed by atoms with Crippen LogP contribution in [0.3, 0.4) is 0 Å². The largest absolute Gasteiger partial charge is 0.405 e. The molecule has 4 atom stereocenters. The summed E-state index contributed by atoms with van der Waals surface area (Å²) in [6, 6.07) is 20.6. The normalized spacial score (nSPS) is 22.6. The maximum Gasteiger partial charge on any atom is 0.261 e. The lowest BCUT2D eigenvalue weighted by Crippen LogP contribution is -2.67. The molecule has 0 aromatic heterocycles. The highest BCUT2D eigenvalue weighted by atomic mass is 28.4. The second kappa shape index (κ2) is 10.2. The van der Waals surface area contributed by atoms with Crippen molar-refractivity contribution in [3.8, 4) is 0 Å². The molecule has 0 amide bonds. The van der Waals surface area contributed by atoms with Gasteiger partial charge in [0, 0.05) is 0 Å². The van der Waals surface area contributed by atoms with Gasteiger partial charge in [-0.3, -0.25) is 0 Å². The molecule has 33 heavy (non-hydrogen) atoms. The van der Waals surface area contributed by atoms with Crippen molar-refractivity contribution in [3.63, 3.8) is 0 Å². The maximum absolute atomic E-state index is 11.2. The molecular weight excluding hydrogens is 432 g/mol. The van der Waals surface area contributed by atoms with Crippen LogP contribution in [-0.4, -0.2) is 55.3 Å². The molecule has 0 saturated carbocycles. The number of aliphatic hydroxyl groups excluding tert-OH is 2. The summed E-state index contributed by atoms with van der Waals surface area (Å²) < 4.78 is 18.8. The predicted octanol–water partition coefficient (Wildman–Crippen LogP) is 3.38. The molecular formula is C27H38O5Si. The van der Waals surface area contributed by atoms with E-state index < -0.39 is 38.5 Å². The Balaban J connectivity index is 1.95. The molecule has 1 aliphatic heterocycles. The minimum absolute atomic E-state index is 0.0642. The van der Waals surface area contributed by atoms with Gasteiger partial charge in [-0.1, -0.05) is 87.5 Å². The predicted molar refractivity (Wildman–Crippen MR) is 134 cm³/mol. The molecule has 0 bridgehead atoms. The van der Waals surface area contributed by atoms with E-state index in [0.29, 0.717) is 6.42 Å². The van der Waals surface area contributed by atoms with Crippen LogP contribution < -0.4 is 10.4 Å². The van der Waals surface area contributed by atoms with Crippen molar-refractivity contribution < 1.29 is 24.1 Å². The lowest BCUT2D eigenvalue weighted by molar-refractivity contribution is -0.161. The molecule has 0 aliphatic carbocycles. The van der Waals surface area contributed by atoms with Crippen molar-refractivity contribution in [2.24, 2.45) is 0 Å². The fourth-order valence-corrected chi connectivity index (χ4v) is 9.36. The second-order valence-corrected chi connectivity index (χ2v) is 14.5. The summed E-state index contributed by atoms with van der Waals surface area (Å²) in [7, 11) is -2.80. The van der Waals surface area contributed by atoms with Crippen LogP contribution in [0.5, 0.6) is 0 Å². The van der Waals surface area contributed by atoms with E-state index in [2.05, 4.69) is 51.6 Å². The highest BCUT2D eigenvalue weighted by Crippen LogP contribution is 2.38. The van der Waals surface area contributed by atoms with Crippen molar-refractivity contribution >= 4 is 18.7 Å². The van der Waals surface area contributed by atoms with Gasteiger partial charge >= 0.3 is 0 Å². The second-order valence-electron chi connectivity index (χ2n) is 10.2. The zero-order valence-electron chi connectivity index (χ0n) is 20.4. The van der Waals surface area contributed by atoms with Gasteiger partial charge < -0.3 is 24.1 Å². The van der Waals surface area contributed by atoms with E-state index >= 15 is 0 Å².